The van der Waals surface area contributed by atoms with Gasteiger partial charge in [-0.2, -0.15) is 0 Å². The summed E-state index contributed by atoms with van der Waals surface area (Å²) in [7, 11) is -2.46. The molecule has 0 unspecified atom stereocenters. The molecule has 2 N–H and O–H groups in total. The van der Waals surface area contributed by atoms with E-state index in [-0.39, 0.29) is 22.9 Å². The van der Waals surface area contributed by atoms with Gasteiger partial charge in [-0.05, 0) is 43.3 Å². The second kappa shape index (κ2) is 10.1. The molecule has 0 radical (unpaired) electrons. The molecule has 11 heteroatoms. The second-order valence-electron chi connectivity index (χ2n) is 7.19. The lowest BCUT2D eigenvalue weighted by Gasteiger charge is -2.28. The number of nitro groups is 1. The number of anilines is 3. The fourth-order valence-electron chi connectivity index (χ4n) is 3.28. The van der Waals surface area contributed by atoms with E-state index in [9.17, 15) is 18.5 Å². The first-order chi connectivity index (χ1) is 14.8. The van der Waals surface area contributed by atoms with E-state index in [0.717, 1.165) is 24.8 Å². The zero-order chi connectivity index (χ0) is 22.4. The average molecular weight is 451 g/mol. The molecule has 10 nitrogen and oxygen atoms in total. The van der Waals surface area contributed by atoms with Crippen molar-refractivity contribution in [2.24, 2.45) is 0 Å². The number of ether oxygens (including phenoxy) is 2. The van der Waals surface area contributed by atoms with Gasteiger partial charge in [0, 0.05) is 43.7 Å². The molecule has 0 aromatic heterocycles. The van der Waals surface area contributed by atoms with E-state index in [4.69, 9.17) is 9.47 Å². The number of nitrogens with zero attached hydrogens (tertiary/aromatic N) is 2. The third-order valence-corrected chi connectivity index (χ3v) is 6.36. The molecule has 2 aromatic carbocycles. The van der Waals surface area contributed by atoms with Crippen LogP contribution < -0.4 is 14.9 Å². The molecular formula is C20H26N4O6S. The van der Waals surface area contributed by atoms with Crippen molar-refractivity contribution in [3.63, 3.8) is 0 Å². The fourth-order valence-corrected chi connectivity index (χ4v) is 4.53. The monoisotopic (exact) mass is 450 g/mol. The molecule has 1 aliphatic rings. The van der Waals surface area contributed by atoms with Gasteiger partial charge in [-0.15, -0.1) is 0 Å². The Morgan fingerprint density at radius 2 is 1.87 bits per heavy atom. The fraction of sp³-hybridized carbons (Fsp3) is 0.400. The van der Waals surface area contributed by atoms with Gasteiger partial charge < -0.3 is 19.7 Å². The smallest absolute Gasteiger partial charge is 0.294 e. The topological polar surface area (TPSA) is 123 Å². The van der Waals surface area contributed by atoms with Gasteiger partial charge in [0.15, 0.2) is 0 Å². The number of sulfonamides is 1. The summed E-state index contributed by atoms with van der Waals surface area (Å²) in [6, 6.07) is 10.8. The Kier molecular flexibility index (Phi) is 7.44. The number of methoxy groups -OCH3 is 1. The third kappa shape index (κ3) is 5.91. The van der Waals surface area contributed by atoms with E-state index in [0.29, 0.717) is 18.9 Å². The molecule has 1 aliphatic heterocycles. The van der Waals surface area contributed by atoms with Gasteiger partial charge in [-0.3, -0.25) is 10.1 Å². The van der Waals surface area contributed by atoms with Crippen LogP contribution in [0.5, 0.6) is 0 Å². The maximum atomic E-state index is 12.5. The van der Waals surface area contributed by atoms with Crippen LogP contribution in [0, 0.1) is 10.1 Å². The first-order valence-electron chi connectivity index (χ1n) is 9.79. The highest BCUT2D eigenvalue weighted by Crippen LogP contribution is 2.31. The van der Waals surface area contributed by atoms with Crippen LogP contribution in [-0.4, -0.2) is 59.4 Å². The van der Waals surface area contributed by atoms with Gasteiger partial charge in [0.25, 0.3) is 5.69 Å². The van der Waals surface area contributed by atoms with Crippen LogP contribution in [0.25, 0.3) is 0 Å². The minimum atomic E-state index is -3.92. The molecule has 31 heavy (non-hydrogen) atoms. The minimum Gasteiger partial charge on any atom is -0.383 e. The van der Waals surface area contributed by atoms with Crippen molar-refractivity contribution < 1.29 is 22.8 Å². The molecule has 2 aromatic rings. The lowest BCUT2D eigenvalue weighted by molar-refractivity contribution is -0.384. The van der Waals surface area contributed by atoms with Crippen LogP contribution in [0.1, 0.15) is 6.92 Å². The molecule has 1 fully saturated rings. The van der Waals surface area contributed by atoms with Gasteiger partial charge in [0.05, 0.1) is 29.6 Å². The summed E-state index contributed by atoms with van der Waals surface area (Å²) in [6.07, 6.45) is 0. The molecule has 1 saturated heterocycles. The summed E-state index contributed by atoms with van der Waals surface area (Å²) in [6.45, 7) is 4.81. The van der Waals surface area contributed by atoms with Crippen LogP contribution in [0.2, 0.25) is 0 Å². The standard InChI is InChI=1S/C20H26N4O6S/c1-15(14-29-2)22-31(27,28)18-7-8-19(20(13-18)24(25)26)21-16-3-5-17(6-4-16)23-9-11-30-12-10-23/h3-8,13,15,21-22H,9-12,14H2,1-2H3/t15-/m0/s1. The quantitative estimate of drug-likeness (QED) is 0.441. The van der Waals surface area contributed by atoms with Crippen molar-refractivity contribution in [3.8, 4) is 0 Å². The Hall–Kier alpha value is -2.73. The Morgan fingerprint density at radius 1 is 1.19 bits per heavy atom. The highest BCUT2D eigenvalue weighted by molar-refractivity contribution is 7.89. The summed E-state index contributed by atoms with van der Waals surface area (Å²) < 4.78 is 37.8. The van der Waals surface area contributed by atoms with Gasteiger partial charge in [0.2, 0.25) is 10.0 Å². The number of hydrogen-bond acceptors (Lipinski definition) is 8. The summed E-state index contributed by atoms with van der Waals surface area (Å²) in [4.78, 5) is 13.0. The molecule has 0 aliphatic carbocycles. The van der Waals surface area contributed by atoms with Crippen molar-refractivity contribution in [2.75, 3.05) is 50.2 Å². The first kappa shape index (κ1) is 22.9. The molecule has 0 bridgehead atoms. The van der Waals surface area contributed by atoms with Crippen LogP contribution in [0.3, 0.4) is 0 Å². The number of nitrogens with one attached hydrogen (secondary N) is 2. The molecule has 1 atom stereocenters. The largest absolute Gasteiger partial charge is 0.383 e. The van der Waals surface area contributed by atoms with Gasteiger partial charge in [0.1, 0.15) is 5.69 Å². The Morgan fingerprint density at radius 3 is 2.48 bits per heavy atom. The molecule has 1 heterocycles. The van der Waals surface area contributed by atoms with E-state index < -0.39 is 21.0 Å². The van der Waals surface area contributed by atoms with Gasteiger partial charge in [-0.25, -0.2) is 13.1 Å². The van der Waals surface area contributed by atoms with E-state index in [1.807, 2.05) is 24.3 Å². The predicted octanol–water partition coefficient (Wildman–Crippen LogP) is 2.49. The molecule has 3 rings (SSSR count). The van der Waals surface area contributed by atoms with Crippen molar-refractivity contribution >= 4 is 32.8 Å². The maximum absolute atomic E-state index is 12.5. The molecule has 168 valence electrons. The zero-order valence-electron chi connectivity index (χ0n) is 17.4. The van der Waals surface area contributed by atoms with Crippen molar-refractivity contribution in [3.05, 3.63) is 52.6 Å². The molecule has 0 spiro atoms. The van der Waals surface area contributed by atoms with Crippen molar-refractivity contribution in [1.82, 2.24) is 4.72 Å². The van der Waals surface area contributed by atoms with E-state index >= 15 is 0 Å². The van der Waals surface area contributed by atoms with Crippen LogP contribution in [0.4, 0.5) is 22.7 Å². The highest BCUT2D eigenvalue weighted by atomic mass is 32.2. The number of morpholine rings is 1. The second-order valence-corrected chi connectivity index (χ2v) is 8.90. The average Bonchev–Trinajstić information content (AvgIpc) is 2.74. The maximum Gasteiger partial charge on any atom is 0.294 e. The number of benzene rings is 2. The number of rotatable bonds is 9. The van der Waals surface area contributed by atoms with E-state index in [1.54, 1.807) is 6.92 Å². The molecule has 0 amide bonds. The van der Waals surface area contributed by atoms with E-state index in [2.05, 4.69) is 14.9 Å². The minimum absolute atomic E-state index is 0.182. The zero-order valence-corrected chi connectivity index (χ0v) is 18.2. The third-order valence-electron chi connectivity index (χ3n) is 4.77. The van der Waals surface area contributed by atoms with Crippen LogP contribution >= 0.6 is 0 Å². The Labute approximate surface area is 181 Å². The number of hydrogen-bond donors (Lipinski definition) is 2. The van der Waals surface area contributed by atoms with Crippen LogP contribution in [0.15, 0.2) is 47.4 Å². The van der Waals surface area contributed by atoms with Crippen molar-refractivity contribution in [1.29, 1.82) is 0 Å². The Bertz CT molecular complexity index is 1010. The normalized spacial score (nSPS) is 15.5. The van der Waals surface area contributed by atoms with E-state index in [1.165, 1.54) is 19.2 Å². The van der Waals surface area contributed by atoms with Crippen molar-refractivity contribution in [2.45, 2.75) is 17.9 Å². The summed E-state index contributed by atoms with van der Waals surface area (Å²) in [5.41, 5.74) is 1.57. The molecule has 0 saturated carbocycles. The lowest BCUT2D eigenvalue weighted by Crippen LogP contribution is -2.36. The summed E-state index contributed by atoms with van der Waals surface area (Å²) >= 11 is 0. The Balaban J connectivity index is 1.79. The first-order valence-corrected chi connectivity index (χ1v) is 11.3. The van der Waals surface area contributed by atoms with Crippen LogP contribution in [-0.2, 0) is 19.5 Å². The number of nitro benzene ring substituents is 1. The highest BCUT2D eigenvalue weighted by Gasteiger charge is 2.23. The van der Waals surface area contributed by atoms with Gasteiger partial charge in [-0.1, -0.05) is 0 Å². The van der Waals surface area contributed by atoms with Gasteiger partial charge >= 0.3 is 0 Å². The summed E-state index contributed by atoms with van der Waals surface area (Å²) in [5.74, 6) is 0. The summed E-state index contributed by atoms with van der Waals surface area (Å²) in [5, 5.41) is 14.6. The molecular weight excluding hydrogens is 424 g/mol. The lowest BCUT2D eigenvalue weighted by atomic mass is 10.2. The SMILES string of the molecule is COC[C@H](C)NS(=O)(=O)c1ccc(Nc2ccc(N3CCOCC3)cc2)c([N+](=O)[O-])c1. The predicted molar refractivity (Wildman–Crippen MR) is 118 cm³/mol.